The SMILES string of the molecule is COc1cc(OC)cc(N2C(=O)CS[C@]23C(=O)N(Cc2cccc(F)c2)c2ccccc23)c1. The van der Waals surface area contributed by atoms with Crippen LogP contribution < -0.4 is 19.3 Å². The van der Waals surface area contributed by atoms with E-state index in [1.807, 2.05) is 24.3 Å². The number of thioether (sulfide) groups is 1. The highest BCUT2D eigenvalue weighted by atomic mass is 32.2. The Bertz CT molecular complexity index is 1240. The molecule has 3 aromatic carbocycles. The molecule has 0 bridgehead atoms. The molecule has 0 aliphatic carbocycles. The third kappa shape index (κ3) is 3.33. The summed E-state index contributed by atoms with van der Waals surface area (Å²) in [5, 5.41) is 0. The second-order valence-electron chi connectivity index (χ2n) is 7.77. The lowest BCUT2D eigenvalue weighted by molar-refractivity contribution is -0.123. The number of carbonyl (C=O) groups excluding carboxylic acids is 2. The molecule has 2 heterocycles. The molecule has 1 saturated heterocycles. The number of hydrogen-bond donors (Lipinski definition) is 0. The highest BCUT2D eigenvalue weighted by Gasteiger charge is 2.61. The molecule has 0 N–H and O–H groups in total. The van der Waals surface area contributed by atoms with Crippen molar-refractivity contribution in [2.75, 3.05) is 29.8 Å². The molecule has 0 unspecified atom stereocenters. The number of nitrogens with zero attached hydrogens (tertiary/aromatic N) is 2. The largest absolute Gasteiger partial charge is 0.497 e. The Kier molecular flexibility index (Phi) is 5.25. The Morgan fingerprint density at radius 3 is 2.39 bits per heavy atom. The second-order valence-corrected chi connectivity index (χ2v) is 8.94. The fourth-order valence-corrected chi connectivity index (χ4v) is 5.81. The number of fused-ring (bicyclic) bond motifs is 2. The van der Waals surface area contributed by atoms with Crippen molar-refractivity contribution in [3.05, 3.63) is 83.7 Å². The lowest BCUT2D eigenvalue weighted by Gasteiger charge is -2.33. The van der Waals surface area contributed by atoms with Gasteiger partial charge in [-0.05, 0) is 23.8 Å². The van der Waals surface area contributed by atoms with E-state index >= 15 is 0 Å². The Morgan fingerprint density at radius 1 is 0.970 bits per heavy atom. The van der Waals surface area contributed by atoms with Gasteiger partial charge in [-0.2, -0.15) is 0 Å². The predicted octanol–water partition coefficient (Wildman–Crippen LogP) is 4.32. The maximum atomic E-state index is 14.1. The average molecular weight is 465 g/mol. The molecule has 1 spiro atoms. The lowest BCUT2D eigenvalue weighted by atomic mass is 10.0. The molecule has 1 atom stereocenters. The topological polar surface area (TPSA) is 59.1 Å². The van der Waals surface area contributed by atoms with E-state index in [-0.39, 0.29) is 29.9 Å². The van der Waals surface area contributed by atoms with Gasteiger partial charge in [0, 0.05) is 23.8 Å². The Labute approximate surface area is 194 Å². The van der Waals surface area contributed by atoms with Gasteiger partial charge in [-0.3, -0.25) is 14.5 Å². The Morgan fingerprint density at radius 2 is 1.70 bits per heavy atom. The van der Waals surface area contributed by atoms with Crippen LogP contribution in [0.1, 0.15) is 11.1 Å². The minimum absolute atomic E-state index is 0.146. The average Bonchev–Trinajstić information content (AvgIpc) is 3.29. The first-order valence-electron chi connectivity index (χ1n) is 10.3. The molecule has 0 saturated carbocycles. The Hall–Kier alpha value is -3.52. The summed E-state index contributed by atoms with van der Waals surface area (Å²) in [7, 11) is 3.07. The van der Waals surface area contributed by atoms with Gasteiger partial charge in [0.05, 0.1) is 37.9 Å². The fraction of sp³-hybridized carbons (Fsp3) is 0.200. The lowest BCUT2D eigenvalue weighted by Crippen LogP contribution is -2.49. The minimum atomic E-state index is -1.27. The van der Waals surface area contributed by atoms with E-state index in [1.165, 1.54) is 43.0 Å². The van der Waals surface area contributed by atoms with E-state index in [0.717, 1.165) is 5.56 Å². The Balaban J connectivity index is 1.65. The zero-order chi connectivity index (χ0) is 23.2. The first kappa shape index (κ1) is 21.3. The molecule has 8 heteroatoms. The number of hydrogen-bond acceptors (Lipinski definition) is 5. The van der Waals surface area contributed by atoms with Crippen LogP contribution in [0.25, 0.3) is 0 Å². The van der Waals surface area contributed by atoms with Crippen molar-refractivity contribution >= 4 is 35.0 Å². The fourth-order valence-electron chi connectivity index (χ4n) is 4.45. The standard InChI is InChI=1S/C25H21FN2O4S/c1-31-19-11-18(12-20(13-19)32-2)28-23(29)15-33-25(28)21-8-3-4-9-22(21)27(24(25)30)14-16-6-5-7-17(26)10-16/h3-13H,14-15H2,1-2H3/t25-/m1/s1. The van der Waals surface area contributed by atoms with Gasteiger partial charge >= 0.3 is 0 Å². The summed E-state index contributed by atoms with van der Waals surface area (Å²) in [5.74, 6) is 0.376. The van der Waals surface area contributed by atoms with E-state index in [2.05, 4.69) is 0 Å². The number of methoxy groups -OCH3 is 2. The van der Waals surface area contributed by atoms with Gasteiger partial charge in [-0.15, -0.1) is 11.8 Å². The quantitative estimate of drug-likeness (QED) is 0.563. The molecule has 168 valence electrons. The third-order valence-corrected chi connectivity index (χ3v) is 7.27. The van der Waals surface area contributed by atoms with Crippen molar-refractivity contribution in [2.45, 2.75) is 11.4 Å². The smallest absolute Gasteiger partial charge is 0.269 e. The van der Waals surface area contributed by atoms with Gasteiger partial charge in [0.25, 0.3) is 5.91 Å². The van der Waals surface area contributed by atoms with Crippen molar-refractivity contribution in [1.82, 2.24) is 0 Å². The van der Waals surface area contributed by atoms with Crippen molar-refractivity contribution in [3.63, 3.8) is 0 Å². The van der Waals surface area contributed by atoms with Crippen molar-refractivity contribution in [2.24, 2.45) is 0 Å². The van der Waals surface area contributed by atoms with E-state index in [0.29, 0.717) is 28.4 Å². The van der Waals surface area contributed by atoms with Gasteiger partial charge in [0.2, 0.25) is 10.8 Å². The summed E-state index contributed by atoms with van der Waals surface area (Å²) in [5.41, 5.74) is 2.61. The predicted molar refractivity (Wildman–Crippen MR) is 125 cm³/mol. The molecule has 3 aromatic rings. The summed E-state index contributed by atoms with van der Waals surface area (Å²) in [6, 6.07) is 18.8. The number of carbonyl (C=O) groups is 2. The number of para-hydroxylation sites is 1. The summed E-state index contributed by atoms with van der Waals surface area (Å²) >= 11 is 1.29. The second kappa shape index (κ2) is 8.12. The molecule has 1 fully saturated rings. The minimum Gasteiger partial charge on any atom is -0.497 e. The van der Waals surface area contributed by atoms with Crippen LogP contribution in [-0.2, 0) is 21.0 Å². The van der Waals surface area contributed by atoms with Crippen LogP contribution in [0.15, 0.2) is 66.7 Å². The maximum Gasteiger partial charge on any atom is 0.269 e. The number of benzene rings is 3. The molecule has 33 heavy (non-hydrogen) atoms. The van der Waals surface area contributed by atoms with Crippen LogP contribution in [0.2, 0.25) is 0 Å². The van der Waals surface area contributed by atoms with E-state index < -0.39 is 4.87 Å². The van der Waals surface area contributed by atoms with Gasteiger partial charge < -0.3 is 14.4 Å². The molecule has 2 aliphatic heterocycles. The molecule has 2 aliphatic rings. The van der Waals surface area contributed by atoms with Crippen LogP contribution in [-0.4, -0.2) is 31.8 Å². The van der Waals surface area contributed by atoms with Gasteiger partial charge in [0.1, 0.15) is 17.3 Å². The van der Waals surface area contributed by atoms with Gasteiger partial charge in [-0.25, -0.2) is 4.39 Å². The van der Waals surface area contributed by atoms with Crippen LogP contribution in [0.3, 0.4) is 0 Å². The zero-order valence-electron chi connectivity index (χ0n) is 18.1. The first-order valence-corrected chi connectivity index (χ1v) is 11.3. The summed E-state index contributed by atoms with van der Waals surface area (Å²) in [4.78, 5) is 29.2. The number of rotatable bonds is 5. The third-order valence-electron chi connectivity index (χ3n) is 5.89. The first-order chi connectivity index (χ1) is 16.0. The highest BCUT2D eigenvalue weighted by molar-refractivity contribution is 8.02. The molecule has 6 nitrogen and oxygen atoms in total. The van der Waals surface area contributed by atoms with Crippen LogP contribution in [0.4, 0.5) is 15.8 Å². The molecular formula is C25H21FN2O4S. The number of anilines is 2. The van der Waals surface area contributed by atoms with Gasteiger partial charge in [-0.1, -0.05) is 30.3 Å². The summed E-state index contributed by atoms with van der Waals surface area (Å²) in [6.45, 7) is 0.194. The van der Waals surface area contributed by atoms with E-state index in [4.69, 9.17) is 9.47 Å². The molecule has 0 radical (unpaired) electrons. The van der Waals surface area contributed by atoms with Gasteiger partial charge in [0.15, 0.2) is 0 Å². The van der Waals surface area contributed by atoms with Crippen molar-refractivity contribution in [1.29, 1.82) is 0 Å². The van der Waals surface area contributed by atoms with Crippen molar-refractivity contribution < 1.29 is 23.5 Å². The van der Waals surface area contributed by atoms with E-state index in [9.17, 15) is 14.0 Å². The molecular weight excluding hydrogens is 443 g/mol. The summed E-state index contributed by atoms with van der Waals surface area (Å²) in [6.07, 6.45) is 0. The number of amides is 2. The van der Waals surface area contributed by atoms with Crippen molar-refractivity contribution in [3.8, 4) is 11.5 Å². The van der Waals surface area contributed by atoms with E-state index in [1.54, 1.807) is 35.2 Å². The number of halogens is 1. The van der Waals surface area contributed by atoms with Crippen LogP contribution in [0.5, 0.6) is 11.5 Å². The zero-order valence-corrected chi connectivity index (χ0v) is 18.9. The monoisotopic (exact) mass is 464 g/mol. The molecule has 0 aromatic heterocycles. The van der Waals surface area contributed by atoms with Crippen LogP contribution in [0, 0.1) is 5.82 Å². The summed E-state index contributed by atoms with van der Waals surface area (Å²) < 4.78 is 24.6. The van der Waals surface area contributed by atoms with Crippen LogP contribution >= 0.6 is 11.8 Å². The number of ether oxygens (including phenoxy) is 2. The highest BCUT2D eigenvalue weighted by Crippen LogP contribution is 2.56. The molecule has 2 amide bonds. The molecule has 5 rings (SSSR count). The normalized spacial score (nSPS) is 19.4. The maximum absolute atomic E-state index is 14.1.